The van der Waals surface area contributed by atoms with Crippen LogP contribution in [0, 0.1) is 0 Å². The third-order valence-corrected chi connectivity index (χ3v) is 3.47. The number of ether oxygens (including phenoxy) is 2. The van der Waals surface area contributed by atoms with Gasteiger partial charge in [0.25, 0.3) is 0 Å². The van der Waals surface area contributed by atoms with Crippen LogP contribution in [-0.4, -0.2) is 34.9 Å². The Bertz CT molecular complexity index is 801. The molecule has 0 aliphatic rings. The predicted molar refractivity (Wildman–Crippen MR) is 91.0 cm³/mol. The Morgan fingerprint density at radius 1 is 1.21 bits per heavy atom. The van der Waals surface area contributed by atoms with E-state index in [-0.39, 0.29) is 12.5 Å². The molecule has 0 spiro atoms. The van der Waals surface area contributed by atoms with Gasteiger partial charge in [0.2, 0.25) is 16.0 Å². The summed E-state index contributed by atoms with van der Waals surface area (Å²) in [5, 5.41) is 2.91. The van der Waals surface area contributed by atoms with Crippen LogP contribution in [0.2, 0.25) is 0 Å². The maximum Gasteiger partial charge on any atom is 0.232 e. The summed E-state index contributed by atoms with van der Waals surface area (Å²) in [7, 11) is -0.442. The van der Waals surface area contributed by atoms with E-state index >= 15 is 0 Å². The van der Waals surface area contributed by atoms with E-state index in [1.807, 2.05) is 0 Å². The summed E-state index contributed by atoms with van der Waals surface area (Å²) in [6.07, 6.45) is 2.57. The molecular formula is C15H19N3O5S. The van der Waals surface area contributed by atoms with Gasteiger partial charge in [-0.1, -0.05) is 0 Å². The molecule has 1 heterocycles. The maximum atomic E-state index is 11.5. The highest BCUT2D eigenvalue weighted by atomic mass is 32.2. The smallest absolute Gasteiger partial charge is 0.232 e. The van der Waals surface area contributed by atoms with Gasteiger partial charge in [0.15, 0.2) is 11.5 Å². The van der Waals surface area contributed by atoms with E-state index in [0.29, 0.717) is 22.9 Å². The molecule has 2 aromatic rings. The van der Waals surface area contributed by atoms with Crippen LogP contribution in [0.25, 0.3) is 0 Å². The minimum atomic E-state index is -3.49. The average Bonchev–Trinajstić information content (AvgIpc) is 3.04. The van der Waals surface area contributed by atoms with Crippen LogP contribution in [0.15, 0.2) is 46.0 Å². The van der Waals surface area contributed by atoms with Crippen molar-refractivity contribution in [3.8, 4) is 11.5 Å². The molecule has 0 unspecified atom stereocenters. The van der Waals surface area contributed by atoms with Crippen LogP contribution < -0.4 is 19.5 Å². The number of nitrogens with one attached hydrogen (secondary N) is 2. The summed E-state index contributed by atoms with van der Waals surface area (Å²) in [5.74, 6) is 1.75. The Kier molecular flexibility index (Phi) is 5.69. The standard InChI is InChI=1S/C15H19N3O5S/c1-21-13-7-6-11(9-14(13)22-2)17-15(18-24(3,19)20)16-10-12-5-4-8-23-12/h4-9H,10H2,1-3H3,(H2,16,17,18). The van der Waals surface area contributed by atoms with Gasteiger partial charge in [-0.2, -0.15) is 0 Å². The number of rotatable bonds is 6. The highest BCUT2D eigenvalue weighted by Gasteiger charge is 2.10. The summed E-state index contributed by atoms with van der Waals surface area (Å²) in [6.45, 7) is 0.186. The maximum absolute atomic E-state index is 11.5. The Morgan fingerprint density at radius 2 is 1.96 bits per heavy atom. The molecule has 0 saturated carbocycles. The predicted octanol–water partition coefficient (Wildman–Crippen LogP) is 1.81. The zero-order valence-corrected chi connectivity index (χ0v) is 14.4. The number of sulfonamides is 1. The number of hydrogen-bond donors (Lipinski definition) is 2. The molecule has 1 aromatic carbocycles. The Balaban J connectivity index is 2.22. The van der Waals surface area contributed by atoms with Crippen molar-refractivity contribution in [2.75, 3.05) is 25.8 Å². The number of benzene rings is 1. The van der Waals surface area contributed by atoms with Gasteiger partial charge in [-0.05, 0) is 24.3 Å². The molecule has 0 radical (unpaired) electrons. The van der Waals surface area contributed by atoms with Crippen molar-refractivity contribution in [2.24, 2.45) is 4.99 Å². The van der Waals surface area contributed by atoms with Gasteiger partial charge in [0, 0.05) is 11.8 Å². The lowest BCUT2D eigenvalue weighted by Gasteiger charge is -2.13. The van der Waals surface area contributed by atoms with E-state index in [1.165, 1.54) is 20.5 Å². The van der Waals surface area contributed by atoms with Gasteiger partial charge in [-0.3, -0.25) is 4.72 Å². The highest BCUT2D eigenvalue weighted by Crippen LogP contribution is 2.29. The molecule has 0 atom stereocenters. The largest absolute Gasteiger partial charge is 0.493 e. The van der Waals surface area contributed by atoms with Gasteiger partial charge < -0.3 is 19.2 Å². The summed E-state index contributed by atoms with van der Waals surface area (Å²) in [5.41, 5.74) is 0.585. The average molecular weight is 353 g/mol. The number of hydrogen-bond acceptors (Lipinski definition) is 6. The Hall–Kier alpha value is -2.68. The number of methoxy groups -OCH3 is 2. The summed E-state index contributed by atoms with van der Waals surface area (Å²) in [4.78, 5) is 4.19. The quantitative estimate of drug-likeness (QED) is 0.607. The lowest BCUT2D eigenvalue weighted by molar-refractivity contribution is 0.355. The van der Waals surface area contributed by atoms with Gasteiger partial charge in [-0.25, -0.2) is 13.4 Å². The van der Waals surface area contributed by atoms with Crippen LogP contribution in [0.3, 0.4) is 0 Å². The first kappa shape index (κ1) is 17.7. The molecule has 8 nitrogen and oxygen atoms in total. The molecule has 0 aliphatic heterocycles. The van der Waals surface area contributed by atoms with Gasteiger partial charge in [0.1, 0.15) is 12.3 Å². The van der Waals surface area contributed by atoms with E-state index in [9.17, 15) is 8.42 Å². The Labute approximate surface area is 140 Å². The van der Waals surface area contributed by atoms with E-state index in [2.05, 4.69) is 15.0 Å². The molecule has 0 fully saturated rings. The van der Waals surface area contributed by atoms with Crippen LogP contribution >= 0.6 is 0 Å². The third-order valence-electron chi connectivity index (χ3n) is 2.90. The van der Waals surface area contributed by atoms with Crippen molar-refractivity contribution in [2.45, 2.75) is 6.54 Å². The fourth-order valence-corrected chi connectivity index (χ4v) is 2.35. The Morgan fingerprint density at radius 3 is 2.54 bits per heavy atom. The molecule has 0 aliphatic carbocycles. The summed E-state index contributed by atoms with van der Waals surface area (Å²) < 4.78 is 40.9. The zero-order chi connectivity index (χ0) is 17.6. The molecule has 0 bridgehead atoms. The van der Waals surface area contributed by atoms with Crippen molar-refractivity contribution < 1.29 is 22.3 Å². The minimum absolute atomic E-state index is 0.0705. The monoisotopic (exact) mass is 353 g/mol. The van der Waals surface area contributed by atoms with Crippen molar-refractivity contribution in [1.82, 2.24) is 4.72 Å². The van der Waals surface area contributed by atoms with Crippen LogP contribution in [-0.2, 0) is 16.6 Å². The summed E-state index contributed by atoms with van der Waals surface area (Å²) >= 11 is 0. The van der Waals surface area contributed by atoms with Crippen molar-refractivity contribution in [3.63, 3.8) is 0 Å². The first-order chi connectivity index (χ1) is 11.4. The second kappa shape index (κ2) is 7.73. The third kappa shape index (κ3) is 5.20. The van der Waals surface area contributed by atoms with E-state index in [0.717, 1.165) is 6.26 Å². The van der Waals surface area contributed by atoms with Crippen LogP contribution in [0.4, 0.5) is 5.69 Å². The molecule has 0 saturated heterocycles. The number of anilines is 1. The fourth-order valence-electron chi connectivity index (χ4n) is 1.88. The molecule has 130 valence electrons. The SMILES string of the molecule is COc1ccc(NC(=NCc2ccco2)NS(C)(=O)=O)cc1OC. The van der Waals surface area contributed by atoms with E-state index in [4.69, 9.17) is 13.9 Å². The summed E-state index contributed by atoms with van der Waals surface area (Å²) in [6, 6.07) is 8.57. The first-order valence-electron chi connectivity index (χ1n) is 6.95. The fraction of sp³-hybridized carbons (Fsp3) is 0.267. The van der Waals surface area contributed by atoms with E-state index in [1.54, 1.807) is 30.3 Å². The van der Waals surface area contributed by atoms with Gasteiger partial charge in [0.05, 0.1) is 26.7 Å². The number of guanidine groups is 1. The lowest BCUT2D eigenvalue weighted by Crippen LogP contribution is -2.35. The molecule has 9 heteroatoms. The highest BCUT2D eigenvalue weighted by molar-refractivity contribution is 7.89. The van der Waals surface area contributed by atoms with Crippen molar-refractivity contribution in [3.05, 3.63) is 42.4 Å². The van der Waals surface area contributed by atoms with Gasteiger partial charge >= 0.3 is 0 Å². The minimum Gasteiger partial charge on any atom is -0.493 e. The van der Waals surface area contributed by atoms with E-state index < -0.39 is 10.0 Å². The molecule has 2 rings (SSSR count). The number of aliphatic imine (C=N–C) groups is 1. The van der Waals surface area contributed by atoms with Crippen molar-refractivity contribution in [1.29, 1.82) is 0 Å². The zero-order valence-electron chi connectivity index (χ0n) is 13.6. The molecule has 1 aromatic heterocycles. The van der Waals surface area contributed by atoms with Gasteiger partial charge in [-0.15, -0.1) is 0 Å². The first-order valence-corrected chi connectivity index (χ1v) is 8.84. The van der Waals surface area contributed by atoms with Crippen LogP contribution in [0.5, 0.6) is 11.5 Å². The second-order valence-electron chi connectivity index (χ2n) is 4.81. The number of furan rings is 1. The number of nitrogens with zero attached hydrogens (tertiary/aromatic N) is 1. The molecule has 0 amide bonds. The molecular weight excluding hydrogens is 334 g/mol. The van der Waals surface area contributed by atoms with Crippen molar-refractivity contribution >= 4 is 21.7 Å². The van der Waals surface area contributed by atoms with Crippen LogP contribution in [0.1, 0.15) is 5.76 Å². The topological polar surface area (TPSA) is 102 Å². The molecule has 2 N–H and O–H groups in total. The molecule has 24 heavy (non-hydrogen) atoms. The lowest BCUT2D eigenvalue weighted by atomic mass is 10.3. The second-order valence-corrected chi connectivity index (χ2v) is 6.56. The normalized spacial score (nSPS) is 11.9.